The van der Waals surface area contributed by atoms with E-state index in [0.29, 0.717) is 9.21 Å². The van der Waals surface area contributed by atoms with Gasteiger partial charge in [0.25, 0.3) is 0 Å². The molecule has 0 fully saturated rings. The molecular weight excluding hydrogens is 324 g/mol. The number of carbonyl (C=O) groups excluding carboxylic acids is 1. The number of carbonyl (C=O) groups is 1. The molecule has 0 aliphatic heterocycles. The molecule has 1 nitrogen and oxygen atoms in total. The smallest absolute Gasteiger partial charge is 0.195 e. The third-order valence-electron chi connectivity index (χ3n) is 3.49. The number of hydrogen-bond donors (Lipinski definition) is 0. The van der Waals surface area contributed by atoms with Gasteiger partial charge in [0.1, 0.15) is 0 Å². The summed E-state index contributed by atoms with van der Waals surface area (Å²) in [4.78, 5) is 12.9. The third-order valence-corrected chi connectivity index (χ3v) is 4.73. The minimum absolute atomic E-state index is 0.0105. The molecule has 2 aromatic rings. The molecule has 0 spiro atoms. The zero-order valence-corrected chi connectivity index (χ0v) is 14.9. The quantitative estimate of drug-likeness (QED) is 0.222. The first-order valence-electron chi connectivity index (χ1n) is 7.92. The third kappa shape index (κ3) is 6.17. The molecule has 23 heavy (non-hydrogen) atoms. The molecule has 0 atom stereocenters. The summed E-state index contributed by atoms with van der Waals surface area (Å²) in [5.74, 6) is 0.0105. The Bertz CT molecular complexity index is 683. The molecule has 0 aliphatic rings. The molecule has 0 N–H and O–H groups in total. The molecule has 1 heterocycles. The van der Waals surface area contributed by atoms with E-state index in [-0.39, 0.29) is 5.78 Å². The Kier molecular flexibility index (Phi) is 7.31. The van der Waals surface area contributed by atoms with Crippen LogP contribution < -0.4 is 0 Å². The molecule has 1 aromatic heterocycles. The first kappa shape index (κ1) is 17.7. The van der Waals surface area contributed by atoms with Gasteiger partial charge in [-0.3, -0.25) is 4.79 Å². The number of allylic oxidation sites excluding steroid dienone is 3. The lowest BCUT2D eigenvalue weighted by Gasteiger charge is -2.03. The largest absolute Gasteiger partial charge is 0.288 e. The fourth-order valence-electron chi connectivity index (χ4n) is 2.26. The van der Waals surface area contributed by atoms with Gasteiger partial charge in [-0.15, -0.1) is 11.3 Å². The van der Waals surface area contributed by atoms with E-state index >= 15 is 0 Å². The fourth-order valence-corrected chi connectivity index (χ4v) is 3.22. The summed E-state index contributed by atoms with van der Waals surface area (Å²) in [5, 5.41) is 0. The van der Waals surface area contributed by atoms with Gasteiger partial charge in [0.2, 0.25) is 0 Å². The molecule has 0 aliphatic carbocycles. The average molecular weight is 345 g/mol. The van der Waals surface area contributed by atoms with Crippen molar-refractivity contribution in [2.75, 3.05) is 0 Å². The molecule has 0 bridgehead atoms. The number of halogens is 1. The molecule has 0 saturated heterocycles. The summed E-state index contributed by atoms with van der Waals surface area (Å²) in [6.45, 7) is 2.19. The molecule has 0 radical (unpaired) electrons. The second-order valence-corrected chi connectivity index (χ2v) is 7.10. The molecule has 120 valence electrons. The Labute approximate surface area is 147 Å². The minimum Gasteiger partial charge on any atom is -0.288 e. The van der Waals surface area contributed by atoms with Crippen molar-refractivity contribution in [3.05, 3.63) is 75.0 Å². The highest BCUT2D eigenvalue weighted by molar-refractivity contribution is 7.18. The highest BCUT2D eigenvalue weighted by Gasteiger charge is 2.05. The van der Waals surface area contributed by atoms with Crippen LogP contribution in [0.25, 0.3) is 6.08 Å². The number of hydrogen-bond acceptors (Lipinski definition) is 2. The summed E-state index contributed by atoms with van der Waals surface area (Å²) in [7, 11) is 0. The lowest BCUT2D eigenvalue weighted by Crippen LogP contribution is -1.90. The summed E-state index contributed by atoms with van der Waals surface area (Å²) >= 11 is 7.21. The van der Waals surface area contributed by atoms with E-state index in [0.717, 1.165) is 18.4 Å². The summed E-state index contributed by atoms with van der Waals surface area (Å²) in [5.41, 5.74) is 2.34. The lowest BCUT2D eigenvalue weighted by molar-refractivity contribution is 0.105. The van der Waals surface area contributed by atoms with Gasteiger partial charge < -0.3 is 0 Å². The summed E-state index contributed by atoms with van der Waals surface area (Å²) < 4.78 is 0.643. The van der Waals surface area contributed by atoms with Crippen molar-refractivity contribution in [3.8, 4) is 0 Å². The average Bonchev–Trinajstić information content (AvgIpc) is 3.00. The summed E-state index contributed by atoms with van der Waals surface area (Å²) in [6.07, 6.45) is 10.3. The van der Waals surface area contributed by atoms with Gasteiger partial charge in [-0.05, 0) is 42.2 Å². The highest BCUT2D eigenvalue weighted by atomic mass is 35.5. The topological polar surface area (TPSA) is 17.1 Å². The van der Waals surface area contributed by atoms with Crippen LogP contribution in [-0.4, -0.2) is 5.78 Å². The van der Waals surface area contributed by atoms with Gasteiger partial charge in [0, 0.05) is 0 Å². The normalized spacial score (nSPS) is 12.0. The predicted octanol–water partition coefficient (Wildman–Crippen LogP) is 6.80. The van der Waals surface area contributed by atoms with Crippen molar-refractivity contribution in [2.45, 2.75) is 32.6 Å². The zero-order valence-electron chi connectivity index (χ0n) is 13.3. The molecular formula is C20H21ClOS. The van der Waals surface area contributed by atoms with Crippen LogP contribution in [0.4, 0.5) is 0 Å². The Balaban J connectivity index is 2.11. The molecule has 0 unspecified atom stereocenters. The standard InChI is InChI=1S/C20H21ClOS/c1-2-3-5-8-17(15-16-9-6-4-7-10-16)11-12-18(22)19-13-14-20(21)23-19/h4,6-7,9-15H,2-3,5,8H2,1H3/b12-11+,17-15-. The van der Waals surface area contributed by atoms with Crippen LogP contribution in [0.5, 0.6) is 0 Å². The molecule has 3 heteroatoms. The van der Waals surface area contributed by atoms with Gasteiger partial charge in [-0.25, -0.2) is 0 Å². The van der Waals surface area contributed by atoms with Crippen molar-refractivity contribution in [3.63, 3.8) is 0 Å². The second-order valence-electron chi connectivity index (χ2n) is 5.39. The first-order chi connectivity index (χ1) is 11.2. The van der Waals surface area contributed by atoms with E-state index in [9.17, 15) is 4.79 Å². The van der Waals surface area contributed by atoms with Gasteiger partial charge in [0.15, 0.2) is 5.78 Å². The van der Waals surface area contributed by atoms with Crippen LogP contribution in [0.3, 0.4) is 0 Å². The van der Waals surface area contributed by atoms with Crippen molar-refractivity contribution >= 4 is 34.8 Å². The van der Waals surface area contributed by atoms with Crippen LogP contribution in [0.2, 0.25) is 4.34 Å². The molecule has 0 amide bonds. The van der Waals surface area contributed by atoms with Crippen LogP contribution in [0.1, 0.15) is 47.8 Å². The van der Waals surface area contributed by atoms with Crippen LogP contribution in [0, 0.1) is 0 Å². The maximum Gasteiger partial charge on any atom is 0.195 e. The van der Waals surface area contributed by atoms with Gasteiger partial charge in [0.05, 0.1) is 9.21 Å². The number of unbranched alkanes of at least 4 members (excludes halogenated alkanes) is 2. The Hall–Kier alpha value is -1.64. The van der Waals surface area contributed by atoms with Crippen LogP contribution >= 0.6 is 22.9 Å². The Morgan fingerprint density at radius 3 is 2.52 bits per heavy atom. The predicted molar refractivity (Wildman–Crippen MR) is 101 cm³/mol. The maximum absolute atomic E-state index is 12.2. The lowest BCUT2D eigenvalue weighted by atomic mass is 10.0. The summed E-state index contributed by atoms with van der Waals surface area (Å²) in [6, 6.07) is 13.7. The van der Waals surface area contributed by atoms with Crippen LogP contribution in [-0.2, 0) is 0 Å². The van der Waals surface area contributed by atoms with Crippen molar-refractivity contribution in [2.24, 2.45) is 0 Å². The van der Waals surface area contributed by atoms with Crippen molar-refractivity contribution in [1.29, 1.82) is 0 Å². The second kappa shape index (κ2) is 9.49. The van der Waals surface area contributed by atoms with E-state index in [4.69, 9.17) is 11.6 Å². The number of ketones is 1. The van der Waals surface area contributed by atoms with E-state index in [1.807, 2.05) is 24.3 Å². The fraction of sp³-hybridized carbons (Fsp3) is 0.250. The number of rotatable bonds is 8. The van der Waals surface area contributed by atoms with Gasteiger partial charge in [-0.2, -0.15) is 0 Å². The van der Waals surface area contributed by atoms with Gasteiger partial charge >= 0.3 is 0 Å². The first-order valence-corrected chi connectivity index (χ1v) is 9.12. The van der Waals surface area contributed by atoms with Crippen molar-refractivity contribution in [1.82, 2.24) is 0 Å². The molecule has 0 saturated carbocycles. The molecule has 1 aromatic carbocycles. The van der Waals surface area contributed by atoms with E-state index < -0.39 is 0 Å². The number of thiophene rings is 1. The number of benzene rings is 1. The van der Waals surface area contributed by atoms with E-state index in [1.54, 1.807) is 18.2 Å². The minimum atomic E-state index is 0.0105. The van der Waals surface area contributed by atoms with E-state index in [2.05, 4.69) is 25.1 Å². The Morgan fingerprint density at radius 1 is 1.09 bits per heavy atom. The highest BCUT2D eigenvalue weighted by Crippen LogP contribution is 2.22. The SMILES string of the molecule is CCCCCC(=C/c1ccccc1)/C=C/C(=O)c1ccc(Cl)s1. The Morgan fingerprint density at radius 2 is 1.87 bits per heavy atom. The van der Waals surface area contributed by atoms with E-state index in [1.165, 1.54) is 29.8 Å². The monoisotopic (exact) mass is 344 g/mol. The van der Waals surface area contributed by atoms with Crippen LogP contribution in [0.15, 0.2) is 60.2 Å². The van der Waals surface area contributed by atoms with Gasteiger partial charge in [-0.1, -0.05) is 73.9 Å². The maximum atomic E-state index is 12.2. The van der Waals surface area contributed by atoms with Crippen molar-refractivity contribution < 1.29 is 4.79 Å². The molecule has 2 rings (SSSR count). The zero-order chi connectivity index (χ0) is 16.5.